The summed E-state index contributed by atoms with van der Waals surface area (Å²) in [6.45, 7) is 5.74. The lowest BCUT2D eigenvalue weighted by molar-refractivity contribution is 0.0519. The van der Waals surface area contributed by atoms with Gasteiger partial charge in [0.05, 0.1) is 18.5 Å². The number of H-pyrrole nitrogens is 1. The zero-order valence-corrected chi connectivity index (χ0v) is 13.2. The van der Waals surface area contributed by atoms with Gasteiger partial charge in [0.25, 0.3) is 5.91 Å². The molecule has 23 heavy (non-hydrogen) atoms. The van der Waals surface area contributed by atoms with E-state index >= 15 is 0 Å². The fourth-order valence-electron chi connectivity index (χ4n) is 1.97. The van der Waals surface area contributed by atoms with E-state index in [0.717, 1.165) is 11.1 Å². The standard InChI is InChI=1S/C16H18N4O3/c1-4-23-16(22)14-11(3)10(2)13(19-14)9-18-20-15(21)12-5-7-17-8-6-12/h5-9,19H,4H2,1-3H3,(H,20,21)/b18-9+. The maximum absolute atomic E-state index is 11.8. The van der Waals surface area contributed by atoms with Crippen LogP contribution < -0.4 is 5.43 Å². The molecule has 2 rings (SSSR count). The van der Waals surface area contributed by atoms with Crippen LogP contribution in [-0.4, -0.2) is 34.7 Å². The highest BCUT2D eigenvalue weighted by Crippen LogP contribution is 2.16. The Morgan fingerprint density at radius 2 is 2.00 bits per heavy atom. The number of pyridine rings is 1. The lowest BCUT2D eigenvalue weighted by Crippen LogP contribution is -2.17. The van der Waals surface area contributed by atoms with Gasteiger partial charge >= 0.3 is 5.97 Å². The normalized spacial score (nSPS) is 10.7. The summed E-state index contributed by atoms with van der Waals surface area (Å²) in [6.07, 6.45) is 4.52. The number of ether oxygens (including phenoxy) is 1. The molecule has 120 valence electrons. The molecule has 0 radical (unpaired) electrons. The van der Waals surface area contributed by atoms with Gasteiger partial charge in [-0.2, -0.15) is 5.10 Å². The Morgan fingerprint density at radius 1 is 1.30 bits per heavy atom. The molecule has 0 aliphatic rings. The van der Waals surface area contributed by atoms with Crippen LogP contribution in [0, 0.1) is 13.8 Å². The Balaban J connectivity index is 2.10. The third-order valence-electron chi connectivity index (χ3n) is 3.38. The number of rotatable bonds is 5. The molecule has 0 unspecified atom stereocenters. The lowest BCUT2D eigenvalue weighted by atomic mass is 10.1. The molecule has 2 aromatic heterocycles. The molecule has 2 heterocycles. The highest BCUT2D eigenvalue weighted by Gasteiger charge is 2.16. The summed E-state index contributed by atoms with van der Waals surface area (Å²) in [7, 11) is 0. The molecule has 0 atom stereocenters. The monoisotopic (exact) mass is 314 g/mol. The van der Waals surface area contributed by atoms with Crippen LogP contribution in [0.4, 0.5) is 0 Å². The van der Waals surface area contributed by atoms with E-state index in [2.05, 4.69) is 20.5 Å². The van der Waals surface area contributed by atoms with Crippen LogP contribution in [0.25, 0.3) is 0 Å². The van der Waals surface area contributed by atoms with E-state index < -0.39 is 5.97 Å². The first kappa shape index (κ1) is 16.4. The first-order valence-electron chi connectivity index (χ1n) is 7.14. The lowest BCUT2D eigenvalue weighted by Gasteiger charge is -1.99. The molecular formula is C16H18N4O3. The van der Waals surface area contributed by atoms with E-state index in [-0.39, 0.29) is 5.91 Å². The van der Waals surface area contributed by atoms with Crippen molar-refractivity contribution in [2.75, 3.05) is 6.61 Å². The van der Waals surface area contributed by atoms with Crippen LogP contribution in [0.5, 0.6) is 0 Å². The fraction of sp³-hybridized carbons (Fsp3) is 0.250. The largest absolute Gasteiger partial charge is 0.461 e. The molecule has 1 amide bonds. The minimum absolute atomic E-state index is 0.307. The van der Waals surface area contributed by atoms with Crippen LogP contribution in [-0.2, 0) is 4.74 Å². The van der Waals surface area contributed by atoms with Crippen molar-refractivity contribution in [2.24, 2.45) is 5.10 Å². The van der Waals surface area contributed by atoms with Gasteiger partial charge in [0, 0.05) is 18.0 Å². The molecule has 0 saturated heterocycles. The second-order valence-corrected chi connectivity index (χ2v) is 4.82. The van der Waals surface area contributed by atoms with Crippen molar-refractivity contribution in [3.63, 3.8) is 0 Å². The van der Waals surface area contributed by atoms with Crippen molar-refractivity contribution in [3.8, 4) is 0 Å². The van der Waals surface area contributed by atoms with Crippen molar-refractivity contribution in [3.05, 3.63) is 52.6 Å². The number of aromatic nitrogens is 2. The molecule has 0 aliphatic heterocycles. The van der Waals surface area contributed by atoms with Gasteiger partial charge in [-0.05, 0) is 44.0 Å². The smallest absolute Gasteiger partial charge is 0.355 e. The maximum atomic E-state index is 11.8. The van der Waals surface area contributed by atoms with Gasteiger partial charge in [0.2, 0.25) is 0 Å². The quantitative estimate of drug-likeness (QED) is 0.501. The summed E-state index contributed by atoms with van der Waals surface area (Å²) >= 11 is 0. The van der Waals surface area contributed by atoms with Gasteiger partial charge in [-0.25, -0.2) is 10.2 Å². The Morgan fingerprint density at radius 3 is 2.65 bits per heavy atom. The van der Waals surface area contributed by atoms with Crippen molar-refractivity contribution in [1.82, 2.24) is 15.4 Å². The predicted octanol–water partition coefficient (Wildman–Crippen LogP) is 1.97. The average Bonchev–Trinajstić information content (AvgIpc) is 2.84. The van der Waals surface area contributed by atoms with Crippen molar-refractivity contribution in [1.29, 1.82) is 0 Å². The molecule has 0 saturated carbocycles. The third kappa shape index (κ3) is 3.82. The molecule has 0 bridgehead atoms. The minimum Gasteiger partial charge on any atom is -0.461 e. The van der Waals surface area contributed by atoms with E-state index in [4.69, 9.17) is 4.74 Å². The fourth-order valence-corrected chi connectivity index (χ4v) is 1.97. The highest BCUT2D eigenvalue weighted by atomic mass is 16.5. The van der Waals surface area contributed by atoms with Gasteiger partial charge in [-0.1, -0.05) is 0 Å². The van der Waals surface area contributed by atoms with E-state index in [9.17, 15) is 9.59 Å². The molecule has 0 aliphatic carbocycles. The number of carbonyl (C=O) groups excluding carboxylic acids is 2. The number of hydrogen-bond acceptors (Lipinski definition) is 5. The van der Waals surface area contributed by atoms with E-state index in [1.165, 1.54) is 18.6 Å². The number of amides is 1. The summed E-state index contributed by atoms with van der Waals surface area (Å²) in [5.74, 6) is -0.747. The van der Waals surface area contributed by atoms with Gasteiger partial charge in [-0.15, -0.1) is 0 Å². The number of hydrazone groups is 1. The molecule has 2 aromatic rings. The second kappa shape index (κ2) is 7.35. The number of carbonyl (C=O) groups is 2. The van der Waals surface area contributed by atoms with E-state index in [1.807, 2.05) is 13.8 Å². The molecule has 0 aromatic carbocycles. The van der Waals surface area contributed by atoms with E-state index in [0.29, 0.717) is 23.6 Å². The maximum Gasteiger partial charge on any atom is 0.355 e. The SMILES string of the molecule is CCOC(=O)c1[nH]c(/C=N/NC(=O)c2ccncc2)c(C)c1C. The zero-order chi connectivity index (χ0) is 16.8. The molecule has 2 N–H and O–H groups in total. The Bertz CT molecular complexity index is 735. The van der Waals surface area contributed by atoms with Crippen LogP contribution in [0.2, 0.25) is 0 Å². The topological polar surface area (TPSA) is 96.4 Å². The average molecular weight is 314 g/mol. The molecule has 7 heteroatoms. The summed E-state index contributed by atoms with van der Waals surface area (Å²) < 4.78 is 4.99. The predicted molar refractivity (Wildman–Crippen MR) is 85.5 cm³/mol. The minimum atomic E-state index is -0.409. The van der Waals surface area contributed by atoms with Crippen molar-refractivity contribution in [2.45, 2.75) is 20.8 Å². The Hall–Kier alpha value is -2.96. The van der Waals surface area contributed by atoms with Gasteiger partial charge < -0.3 is 9.72 Å². The number of nitrogens with one attached hydrogen (secondary N) is 2. The summed E-state index contributed by atoms with van der Waals surface area (Å²) in [5.41, 5.74) is 5.59. The molecule has 0 fully saturated rings. The first-order chi connectivity index (χ1) is 11.0. The van der Waals surface area contributed by atoms with E-state index in [1.54, 1.807) is 19.1 Å². The molecule has 0 spiro atoms. The van der Waals surface area contributed by atoms with Gasteiger partial charge in [0.1, 0.15) is 5.69 Å². The zero-order valence-electron chi connectivity index (χ0n) is 13.2. The third-order valence-corrected chi connectivity index (χ3v) is 3.38. The van der Waals surface area contributed by atoms with Crippen LogP contribution in [0.3, 0.4) is 0 Å². The summed E-state index contributed by atoms with van der Waals surface area (Å²) in [6, 6.07) is 3.18. The number of nitrogens with zero attached hydrogens (tertiary/aromatic N) is 2. The summed E-state index contributed by atoms with van der Waals surface area (Å²) in [4.78, 5) is 30.5. The summed E-state index contributed by atoms with van der Waals surface area (Å²) in [5, 5.41) is 3.91. The van der Waals surface area contributed by atoms with Crippen molar-refractivity contribution < 1.29 is 14.3 Å². The number of aromatic amines is 1. The number of hydrogen-bond donors (Lipinski definition) is 2. The Labute approximate surface area is 133 Å². The first-order valence-corrected chi connectivity index (χ1v) is 7.14. The molecular weight excluding hydrogens is 296 g/mol. The van der Waals surface area contributed by atoms with Crippen LogP contribution >= 0.6 is 0 Å². The number of esters is 1. The van der Waals surface area contributed by atoms with Crippen molar-refractivity contribution >= 4 is 18.1 Å². The highest BCUT2D eigenvalue weighted by molar-refractivity contribution is 5.95. The second-order valence-electron chi connectivity index (χ2n) is 4.82. The Kier molecular flexibility index (Phi) is 5.24. The van der Waals surface area contributed by atoms with Crippen LogP contribution in [0.15, 0.2) is 29.6 Å². The molecule has 7 nitrogen and oxygen atoms in total. The van der Waals surface area contributed by atoms with Gasteiger partial charge in [0.15, 0.2) is 0 Å². The van der Waals surface area contributed by atoms with Gasteiger partial charge in [-0.3, -0.25) is 9.78 Å². The van der Waals surface area contributed by atoms with Crippen LogP contribution in [0.1, 0.15) is 44.6 Å².